The molecular formula is C30H44N4O5. The van der Waals surface area contributed by atoms with E-state index >= 15 is 0 Å². The lowest BCUT2D eigenvalue weighted by Crippen LogP contribution is -2.55. The van der Waals surface area contributed by atoms with Crippen LogP contribution >= 0.6 is 0 Å². The fraction of sp³-hybridized carbons (Fsp3) is 0.567. The van der Waals surface area contributed by atoms with Crippen molar-refractivity contribution in [1.82, 2.24) is 15.2 Å². The van der Waals surface area contributed by atoms with Crippen LogP contribution in [0.25, 0.3) is 0 Å². The van der Waals surface area contributed by atoms with Crippen molar-refractivity contribution >= 4 is 17.6 Å². The Labute approximate surface area is 232 Å². The number of anilines is 1. The first-order valence-electron chi connectivity index (χ1n) is 13.8. The number of para-hydroxylation sites is 1. The van der Waals surface area contributed by atoms with Crippen LogP contribution in [0.4, 0.5) is 5.69 Å². The van der Waals surface area contributed by atoms with Crippen molar-refractivity contribution in [2.24, 2.45) is 0 Å². The van der Waals surface area contributed by atoms with Crippen LogP contribution in [0.5, 0.6) is 11.6 Å². The highest BCUT2D eigenvalue weighted by atomic mass is 16.5. The summed E-state index contributed by atoms with van der Waals surface area (Å²) in [6.07, 6.45) is 6.02. The molecule has 3 rings (SSSR count). The van der Waals surface area contributed by atoms with Gasteiger partial charge < -0.3 is 30.2 Å². The van der Waals surface area contributed by atoms with E-state index in [-0.39, 0.29) is 24.6 Å². The minimum absolute atomic E-state index is 0.0303. The van der Waals surface area contributed by atoms with E-state index in [2.05, 4.69) is 10.3 Å². The second-order valence-corrected chi connectivity index (χ2v) is 11.0. The molecule has 1 aliphatic rings. The molecule has 9 nitrogen and oxygen atoms in total. The summed E-state index contributed by atoms with van der Waals surface area (Å²) in [6.45, 7) is 8.46. The maximum absolute atomic E-state index is 13.2. The van der Waals surface area contributed by atoms with Crippen molar-refractivity contribution < 1.29 is 23.8 Å². The lowest BCUT2D eigenvalue weighted by molar-refractivity contribution is -0.161. The van der Waals surface area contributed by atoms with E-state index in [1.165, 1.54) is 7.11 Å². The molecule has 214 valence electrons. The molecule has 9 heteroatoms. The Bertz CT molecular complexity index is 1060. The van der Waals surface area contributed by atoms with Crippen LogP contribution < -0.4 is 15.8 Å². The predicted octanol–water partition coefficient (Wildman–Crippen LogP) is 4.84. The summed E-state index contributed by atoms with van der Waals surface area (Å²) in [5, 5.41) is 3.61. The van der Waals surface area contributed by atoms with Gasteiger partial charge in [0.05, 0.1) is 31.2 Å². The summed E-state index contributed by atoms with van der Waals surface area (Å²) in [5.74, 6) is 0.739. The number of ether oxygens (including phenoxy) is 3. The highest BCUT2D eigenvalue weighted by Gasteiger charge is 2.38. The number of pyridine rings is 1. The molecule has 1 heterocycles. The van der Waals surface area contributed by atoms with Crippen LogP contribution in [0.3, 0.4) is 0 Å². The largest absolute Gasteiger partial charge is 0.467 e. The molecule has 1 unspecified atom stereocenters. The second-order valence-electron chi connectivity index (χ2n) is 11.0. The van der Waals surface area contributed by atoms with Crippen LogP contribution in [0.2, 0.25) is 0 Å². The van der Waals surface area contributed by atoms with Crippen molar-refractivity contribution in [3.63, 3.8) is 0 Å². The summed E-state index contributed by atoms with van der Waals surface area (Å²) < 4.78 is 16.9. The van der Waals surface area contributed by atoms with Gasteiger partial charge in [-0.3, -0.25) is 4.79 Å². The van der Waals surface area contributed by atoms with Gasteiger partial charge in [-0.05, 0) is 70.6 Å². The van der Waals surface area contributed by atoms with Gasteiger partial charge in [0, 0.05) is 31.1 Å². The summed E-state index contributed by atoms with van der Waals surface area (Å²) in [6, 6.07) is 10.8. The smallest absolute Gasteiger partial charge is 0.331 e. The fourth-order valence-corrected chi connectivity index (χ4v) is 4.82. The third kappa shape index (κ3) is 9.21. The Morgan fingerprint density at radius 2 is 1.85 bits per heavy atom. The third-order valence-electron chi connectivity index (χ3n) is 6.87. The molecular weight excluding hydrogens is 496 g/mol. The summed E-state index contributed by atoms with van der Waals surface area (Å²) >= 11 is 0. The fourth-order valence-electron chi connectivity index (χ4n) is 4.82. The van der Waals surface area contributed by atoms with Gasteiger partial charge in [-0.2, -0.15) is 0 Å². The zero-order valence-electron chi connectivity index (χ0n) is 23.9. The monoisotopic (exact) mass is 540 g/mol. The first-order chi connectivity index (χ1) is 18.6. The molecule has 0 radical (unpaired) electrons. The molecule has 1 aromatic heterocycles. The number of nitrogens with two attached hydrogens (primary N) is 1. The Balaban J connectivity index is 1.63. The molecule has 2 aromatic rings. The van der Waals surface area contributed by atoms with Gasteiger partial charge >= 0.3 is 5.97 Å². The van der Waals surface area contributed by atoms with Crippen molar-refractivity contribution in [3.8, 4) is 11.6 Å². The topological polar surface area (TPSA) is 116 Å². The van der Waals surface area contributed by atoms with E-state index in [9.17, 15) is 9.59 Å². The number of rotatable bonds is 12. The third-order valence-corrected chi connectivity index (χ3v) is 6.87. The SMILES string of the molecule is CCCC(=O)N(C1CCC(NCc2cc(Oc3ccccc3)ncc2N)CC1)C(COC(C)(C)C)C(=O)OC. The normalized spacial score (nSPS) is 18.3. The quantitative estimate of drug-likeness (QED) is 0.367. The number of amides is 1. The molecule has 0 aliphatic heterocycles. The Morgan fingerprint density at radius 1 is 1.15 bits per heavy atom. The van der Waals surface area contributed by atoms with E-state index in [1.807, 2.05) is 64.1 Å². The molecule has 1 saturated carbocycles. The maximum atomic E-state index is 13.2. The number of hydrogen-bond donors (Lipinski definition) is 2. The average Bonchev–Trinajstić information content (AvgIpc) is 2.91. The van der Waals surface area contributed by atoms with Crippen LogP contribution in [0.1, 0.15) is 71.8 Å². The van der Waals surface area contributed by atoms with Gasteiger partial charge in [0.2, 0.25) is 11.8 Å². The predicted molar refractivity (Wildman–Crippen MR) is 151 cm³/mol. The highest BCUT2D eigenvalue weighted by molar-refractivity contribution is 5.85. The Morgan fingerprint density at radius 3 is 2.46 bits per heavy atom. The van der Waals surface area contributed by atoms with E-state index in [4.69, 9.17) is 19.9 Å². The Hall–Kier alpha value is -3.17. The van der Waals surface area contributed by atoms with Crippen molar-refractivity contribution in [3.05, 3.63) is 48.2 Å². The molecule has 39 heavy (non-hydrogen) atoms. The minimum Gasteiger partial charge on any atom is -0.467 e. The molecule has 0 spiro atoms. The zero-order chi connectivity index (χ0) is 28.4. The van der Waals surface area contributed by atoms with Gasteiger partial charge in [-0.15, -0.1) is 0 Å². The van der Waals surface area contributed by atoms with Gasteiger partial charge in [0.1, 0.15) is 5.75 Å². The van der Waals surface area contributed by atoms with Gasteiger partial charge in [-0.25, -0.2) is 9.78 Å². The number of benzene rings is 1. The lowest BCUT2D eigenvalue weighted by Gasteiger charge is -2.41. The van der Waals surface area contributed by atoms with E-state index < -0.39 is 17.6 Å². The highest BCUT2D eigenvalue weighted by Crippen LogP contribution is 2.28. The number of methoxy groups -OCH3 is 1. The van der Waals surface area contributed by atoms with E-state index in [0.29, 0.717) is 36.7 Å². The van der Waals surface area contributed by atoms with Crippen LogP contribution in [-0.4, -0.2) is 59.2 Å². The number of nitrogen functional groups attached to an aromatic ring is 1. The standard InChI is InChI=1S/C30H44N4O5/c1-6-10-28(35)34(26(29(36)37-5)20-38-30(2,3)4)23-15-13-22(14-16-23)32-18-21-17-27(33-19-25(21)31)39-24-11-8-7-9-12-24/h7-9,11-12,17,19,22-23,26,32H,6,10,13-16,18,20,31H2,1-5H3. The molecule has 3 N–H and O–H groups in total. The van der Waals surface area contributed by atoms with Crippen molar-refractivity contribution in [1.29, 1.82) is 0 Å². The number of carbonyl (C=O) groups is 2. The first kappa shape index (κ1) is 30.4. The molecule has 0 bridgehead atoms. The molecule has 1 fully saturated rings. The van der Waals surface area contributed by atoms with E-state index in [1.54, 1.807) is 11.1 Å². The Kier molecular flexibility index (Phi) is 11.1. The number of aromatic nitrogens is 1. The number of carbonyl (C=O) groups excluding carboxylic acids is 2. The van der Waals surface area contributed by atoms with Gasteiger partial charge in [0.25, 0.3) is 0 Å². The molecule has 1 aromatic carbocycles. The molecule has 1 aliphatic carbocycles. The lowest BCUT2D eigenvalue weighted by atomic mass is 9.89. The molecule has 1 amide bonds. The summed E-state index contributed by atoms with van der Waals surface area (Å²) in [4.78, 5) is 32.1. The first-order valence-corrected chi connectivity index (χ1v) is 13.8. The van der Waals surface area contributed by atoms with Crippen LogP contribution in [-0.2, 0) is 25.6 Å². The average molecular weight is 541 g/mol. The molecule has 1 atom stereocenters. The minimum atomic E-state index is -0.762. The number of nitrogens with zero attached hydrogens (tertiary/aromatic N) is 2. The molecule has 0 saturated heterocycles. The number of nitrogens with one attached hydrogen (secondary N) is 1. The number of esters is 1. The van der Waals surface area contributed by atoms with Gasteiger partial charge in [0.15, 0.2) is 6.04 Å². The second kappa shape index (κ2) is 14.3. The maximum Gasteiger partial charge on any atom is 0.331 e. The van der Waals surface area contributed by atoms with Crippen LogP contribution in [0.15, 0.2) is 42.6 Å². The van der Waals surface area contributed by atoms with E-state index in [0.717, 1.165) is 31.2 Å². The summed E-state index contributed by atoms with van der Waals surface area (Å²) in [5.41, 5.74) is 7.29. The van der Waals surface area contributed by atoms with Crippen molar-refractivity contribution in [2.75, 3.05) is 19.5 Å². The zero-order valence-corrected chi connectivity index (χ0v) is 23.9. The van der Waals surface area contributed by atoms with Crippen molar-refractivity contribution in [2.45, 2.75) is 96.5 Å². The number of hydrogen-bond acceptors (Lipinski definition) is 8. The van der Waals surface area contributed by atoms with Gasteiger partial charge in [-0.1, -0.05) is 25.1 Å². The van der Waals surface area contributed by atoms with Crippen LogP contribution in [0, 0.1) is 0 Å². The summed E-state index contributed by atoms with van der Waals surface area (Å²) in [7, 11) is 1.36.